The lowest BCUT2D eigenvalue weighted by molar-refractivity contribution is 0.185. The lowest BCUT2D eigenvalue weighted by Gasteiger charge is -2.32. The highest BCUT2D eigenvalue weighted by atomic mass is 127. The first-order valence-corrected chi connectivity index (χ1v) is 8.47. The Morgan fingerprint density at radius 1 is 1.10 bits per heavy atom. The Hall–Kier alpha value is -0.0400. The van der Waals surface area contributed by atoms with Crippen LogP contribution in [0.1, 0.15) is 52.4 Å². The van der Waals surface area contributed by atoms with Gasteiger partial charge in [0.25, 0.3) is 0 Å². The largest absolute Gasteiger partial charge is 0.356 e. The smallest absolute Gasteiger partial charge is 0.190 e. The van der Waals surface area contributed by atoms with E-state index in [1.54, 1.807) is 0 Å². The molecule has 2 N–H and O–H groups in total. The summed E-state index contributed by atoms with van der Waals surface area (Å²) < 4.78 is 0. The normalized spacial score (nSPS) is 17.4. The van der Waals surface area contributed by atoms with Crippen molar-refractivity contribution in [2.45, 2.75) is 52.4 Å². The summed E-state index contributed by atoms with van der Waals surface area (Å²) in [5.41, 5.74) is 0. The van der Waals surface area contributed by atoms with Crippen LogP contribution in [0.2, 0.25) is 0 Å². The molecule has 1 aliphatic rings. The number of hydrogen-bond donors (Lipinski definition) is 2. The molecule has 1 saturated heterocycles. The summed E-state index contributed by atoms with van der Waals surface area (Å²) in [6.07, 6.45) is 7.70. The number of nitrogens with zero attached hydrogens (tertiary/aromatic N) is 2. The lowest BCUT2D eigenvalue weighted by atomic mass is 9.97. The fourth-order valence-corrected chi connectivity index (χ4v) is 2.77. The molecular weight excluding hydrogens is 375 g/mol. The average molecular weight is 410 g/mol. The fourth-order valence-electron chi connectivity index (χ4n) is 2.77. The minimum Gasteiger partial charge on any atom is -0.356 e. The van der Waals surface area contributed by atoms with Gasteiger partial charge in [-0.05, 0) is 51.2 Å². The van der Waals surface area contributed by atoms with Gasteiger partial charge in [-0.1, -0.05) is 26.7 Å². The van der Waals surface area contributed by atoms with E-state index < -0.39 is 0 Å². The molecule has 0 aromatic heterocycles. The van der Waals surface area contributed by atoms with Gasteiger partial charge in [0.05, 0.1) is 0 Å². The number of piperidine rings is 1. The zero-order valence-corrected chi connectivity index (χ0v) is 16.5. The molecule has 0 aliphatic carbocycles. The molecule has 0 amide bonds. The summed E-state index contributed by atoms with van der Waals surface area (Å²) in [5, 5.41) is 6.88. The van der Waals surface area contributed by atoms with E-state index in [-0.39, 0.29) is 24.0 Å². The summed E-state index contributed by atoms with van der Waals surface area (Å²) in [5.74, 6) is 1.77. The molecule has 21 heavy (non-hydrogen) atoms. The highest BCUT2D eigenvalue weighted by molar-refractivity contribution is 14.0. The van der Waals surface area contributed by atoms with Crippen LogP contribution in [0.3, 0.4) is 0 Å². The molecule has 4 nitrogen and oxygen atoms in total. The van der Waals surface area contributed by atoms with Crippen LogP contribution in [-0.2, 0) is 0 Å². The van der Waals surface area contributed by atoms with Crippen LogP contribution in [0.25, 0.3) is 0 Å². The Balaban J connectivity index is 0.00000400. The van der Waals surface area contributed by atoms with Crippen molar-refractivity contribution >= 4 is 29.9 Å². The van der Waals surface area contributed by atoms with Crippen LogP contribution < -0.4 is 10.6 Å². The molecule has 0 bridgehead atoms. The van der Waals surface area contributed by atoms with Gasteiger partial charge >= 0.3 is 0 Å². The van der Waals surface area contributed by atoms with Gasteiger partial charge in [-0.15, -0.1) is 24.0 Å². The summed E-state index contributed by atoms with van der Waals surface area (Å²) in [6, 6.07) is 0. The lowest BCUT2D eigenvalue weighted by Crippen LogP contribution is -2.43. The molecule has 1 fully saturated rings. The third-order valence-corrected chi connectivity index (χ3v) is 4.10. The molecule has 0 aromatic rings. The summed E-state index contributed by atoms with van der Waals surface area (Å²) >= 11 is 0. The molecule has 1 rings (SSSR count). The van der Waals surface area contributed by atoms with Crippen molar-refractivity contribution < 1.29 is 0 Å². The Morgan fingerprint density at radius 3 is 2.38 bits per heavy atom. The van der Waals surface area contributed by atoms with Crippen LogP contribution in [0.5, 0.6) is 0 Å². The van der Waals surface area contributed by atoms with E-state index >= 15 is 0 Å². The Bertz CT molecular complexity index is 263. The third-order valence-electron chi connectivity index (χ3n) is 4.10. The highest BCUT2D eigenvalue weighted by Gasteiger charge is 2.18. The predicted octanol–water partition coefficient (Wildman–Crippen LogP) is 3.08. The number of rotatable bonds is 8. The molecule has 0 saturated carbocycles. The number of hydrogen-bond acceptors (Lipinski definition) is 2. The van der Waals surface area contributed by atoms with Gasteiger partial charge in [0.1, 0.15) is 0 Å². The molecular formula is C16H35IN4. The van der Waals surface area contributed by atoms with Crippen LogP contribution in [0.15, 0.2) is 4.99 Å². The first-order chi connectivity index (χ1) is 9.80. The van der Waals surface area contributed by atoms with E-state index in [4.69, 9.17) is 0 Å². The molecule has 1 heterocycles. The zero-order valence-electron chi connectivity index (χ0n) is 14.2. The van der Waals surface area contributed by atoms with E-state index in [1.807, 2.05) is 7.05 Å². The maximum absolute atomic E-state index is 4.30. The van der Waals surface area contributed by atoms with Crippen molar-refractivity contribution in [3.05, 3.63) is 0 Å². The molecule has 0 spiro atoms. The molecule has 0 radical (unpaired) electrons. The number of likely N-dealkylation sites (tertiary alicyclic amines) is 1. The second kappa shape index (κ2) is 13.6. The summed E-state index contributed by atoms with van der Waals surface area (Å²) in [4.78, 5) is 6.89. The third kappa shape index (κ3) is 9.55. The summed E-state index contributed by atoms with van der Waals surface area (Å²) in [7, 11) is 1.86. The van der Waals surface area contributed by atoms with E-state index in [1.165, 1.54) is 58.2 Å². The van der Waals surface area contributed by atoms with Crippen molar-refractivity contribution in [2.75, 3.05) is 39.8 Å². The van der Waals surface area contributed by atoms with E-state index in [2.05, 4.69) is 34.4 Å². The van der Waals surface area contributed by atoms with Gasteiger partial charge in [0.2, 0.25) is 0 Å². The van der Waals surface area contributed by atoms with E-state index in [0.717, 1.165) is 25.0 Å². The monoisotopic (exact) mass is 410 g/mol. The predicted molar refractivity (Wildman–Crippen MR) is 104 cm³/mol. The second-order valence-electron chi connectivity index (χ2n) is 5.87. The minimum absolute atomic E-state index is 0. The number of nitrogens with one attached hydrogen (secondary N) is 2. The number of halogens is 1. The number of guanidine groups is 1. The first kappa shape index (κ1) is 21.0. The SMILES string of the molecule is CCCCCNC(=NC)NCC1CCN(CCC)CC1.I. The van der Waals surface area contributed by atoms with Crippen LogP contribution >= 0.6 is 24.0 Å². The van der Waals surface area contributed by atoms with Crippen molar-refractivity contribution in [3.8, 4) is 0 Å². The van der Waals surface area contributed by atoms with Gasteiger partial charge in [-0.25, -0.2) is 0 Å². The van der Waals surface area contributed by atoms with Crippen LogP contribution in [0.4, 0.5) is 0 Å². The average Bonchev–Trinajstić information content (AvgIpc) is 2.48. The molecule has 0 aromatic carbocycles. The van der Waals surface area contributed by atoms with Gasteiger partial charge in [0.15, 0.2) is 5.96 Å². The maximum atomic E-state index is 4.30. The van der Waals surface area contributed by atoms with E-state index in [0.29, 0.717) is 0 Å². The molecule has 0 atom stereocenters. The van der Waals surface area contributed by atoms with Gasteiger partial charge < -0.3 is 15.5 Å². The topological polar surface area (TPSA) is 39.7 Å². The molecule has 126 valence electrons. The van der Waals surface area contributed by atoms with Gasteiger partial charge in [-0.3, -0.25) is 4.99 Å². The summed E-state index contributed by atoms with van der Waals surface area (Å²) in [6.45, 7) is 10.4. The van der Waals surface area contributed by atoms with E-state index in [9.17, 15) is 0 Å². The van der Waals surface area contributed by atoms with Crippen LogP contribution in [0, 0.1) is 5.92 Å². The highest BCUT2D eigenvalue weighted by Crippen LogP contribution is 2.16. The van der Waals surface area contributed by atoms with Crippen molar-refractivity contribution in [1.29, 1.82) is 0 Å². The zero-order chi connectivity index (χ0) is 14.6. The van der Waals surface area contributed by atoms with Gasteiger partial charge in [0, 0.05) is 20.1 Å². The number of unbranched alkanes of at least 4 members (excludes halogenated alkanes) is 2. The minimum atomic E-state index is 0. The Morgan fingerprint density at radius 2 is 1.81 bits per heavy atom. The molecule has 1 aliphatic heterocycles. The Labute approximate surface area is 148 Å². The number of aliphatic imine (C=N–C) groups is 1. The van der Waals surface area contributed by atoms with Gasteiger partial charge in [-0.2, -0.15) is 0 Å². The fraction of sp³-hybridized carbons (Fsp3) is 0.938. The second-order valence-corrected chi connectivity index (χ2v) is 5.87. The van der Waals surface area contributed by atoms with Crippen molar-refractivity contribution in [3.63, 3.8) is 0 Å². The molecule has 0 unspecified atom stereocenters. The maximum Gasteiger partial charge on any atom is 0.190 e. The quantitative estimate of drug-likeness (QED) is 0.280. The van der Waals surface area contributed by atoms with Crippen LogP contribution in [-0.4, -0.2) is 50.6 Å². The first-order valence-electron chi connectivity index (χ1n) is 8.47. The Kier molecular flexibility index (Phi) is 13.6. The van der Waals surface area contributed by atoms with Crippen molar-refractivity contribution in [2.24, 2.45) is 10.9 Å². The van der Waals surface area contributed by atoms with Crippen molar-refractivity contribution in [1.82, 2.24) is 15.5 Å². The molecule has 5 heteroatoms. The standard InChI is InChI=1S/C16H34N4.HI/c1-4-6-7-10-18-16(17-3)19-14-15-8-12-20(11-5-2)13-9-15;/h15H,4-14H2,1-3H3,(H2,17,18,19);1H.